The molecule has 0 aliphatic carbocycles. The third-order valence-electron chi connectivity index (χ3n) is 1.68. The summed E-state index contributed by atoms with van der Waals surface area (Å²) < 4.78 is 29.8. The van der Waals surface area contributed by atoms with Crippen molar-refractivity contribution in [2.75, 3.05) is 5.75 Å². The molecule has 2 N–H and O–H groups in total. The second-order valence-corrected chi connectivity index (χ2v) is 5.06. The second-order valence-electron chi connectivity index (χ2n) is 3.30. The van der Waals surface area contributed by atoms with Gasteiger partial charge in [0.15, 0.2) is 5.75 Å². The van der Waals surface area contributed by atoms with Crippen LogP contribution in [0.5, 0.6) is 0 Å². The molecular formula is C8H12N2O5S. The van der Waals surface area contributed by atoms with Crippen molar-refractivity contribution in [1.82, 2.24) is 9.71 Å². The zero-order valence-electron chi connectivity index (χ0n) is 8.80. The van der Waals surface area contributed by atoms with Crippen molar-refractivity contribution in [3.63, 3.8) is 0 Å². The maximum atomic E-state index is 11.3. The largest absolute Gasteiger partial charge is 0.480 e. The first-order chi connectivity index (χ1) is 7.30. The van der Waals surface area contributed by atoms with Crippen LogP contribution in [0.25, 0.3) is 0 Å². The van der Waals surface area contributed by atoms with Crippen LogP contribution in [0.2, 0.25) is 0 Å². The molecule has 0 bridgehead atoms. The van der Waals surface area contributed by atoms with Crippen LogP contribution < -0.4 is 4.72 Å². The first kappa shape index (κ1) is 12.7. The number of carboxylic acids is 1. The number of aliphatic carboxylic acids is 1. The Morgan fingerprint density at radius 2 is 2.31 bits per heavy atom. The molecule has 1 rings (SSSR count). The molecule has 1 aromatic rings. The number of nitrogens with one attached hydrogen (secondary N) is 1. The lowest BCUT2D eigenvalue weighted by atomic mass is 10.4. The summed E-state index contributed by atoms with van der Waals surface area (Å²) in [7, 11) is -3.87. The van der Waals surface area contributed by atoms with Gasteiger partial charge in [-0.1, -0.05) is 0 Å². The highest BCUT2D eigenvalue weighted by Crippen LogP contribution is 2.12. The number of hydrogen-bond acceptors (Lipinski definition) is 5. The van der Waals surface area contributed by atoms with Crippen LogP contribution in [-0.4, -0.2) is 30.2 Å². The monoisotopic (exact) mass is 248 g/mol. The summed E-state index contributed by atoms with van der Waals surface area (Å²) in [5.41, 5.74) is 0. The van der Waals surface area contributed by atoms with Gasteiger partial charge in [0.1, 0.15) is 5.76 Å². The SMILES string of the molecule is Cc1cnc(C(C)NS(=O)(=O)CC(=O)O)o1. The molecule has 0 saturated carbocycles. The average Bonchev–Trinajstić information content (AvgIpc) is 2.47. The van der Waals surface area contributed by atoms with Crippen molar-refractivity contribution in [2.24, 2.45) is 0 Å². The number of oxazole rings is 1. The van der Waals surface area contributed by atoms with Crippen molar-refractivity contribution in [2.45, 2.75) is 19.9 Å². The highest BCUT2D eigenvalue weighted by atomic mass is 32.2. The molecule has 90 valence electrons. The van der Waals surface area contributed by atoms with Crippen molar-refractivity contribution in [3.8, 4) is 0 Å². The van der Waals surface area contributed by atoms with Gasteiger partial charge in [-0.3, -0.25) is 4.79 Å². The molecule has 0 aromatic carbocycles. The molecule has 1 heterocycles. The van der Waals surface area contributed by atoms with E-state index in [1.165, 1.54) is 13.1 Å². The van der Waals surface area contributed by atoms with Crippen LogP contribution >= 0.6 is 0 Å². The van der Waals surface area contributed by atoms with Crippen molar-refractivity contribution in [3.05, 3.63) is 17.8 Å². The Bertz CT molecular complexity index is 478. The number of hydrogen-bond donors (Lipinski definition) is 2. The fourth-order valence-electron chi connectivity index (χ4n) is 1.10. The van der Waals surface area contributed by atoms with Gasteiger partial charge in [0.05, 0.1) is 12.2 Å². The quantitative estimate of drug-likeness (QED) is 0.761. The van der Waals surface area contributed by atoms with Crippen LogP contribution in [0.1, 0.15) is 24.6 Å². The molecular weight excluding hydrogens is 236 g/mol. The molecule has 0 radical (unpaired) electrons. The minimum absolute atomic E-state index is 0.200. The van der Waals surface area contributed by atoms with Crippen LogP contribution in [0.3, 0.4) is 0 Å². The van der Waals surface area contributed by atoms with E-state index in [9.17, 15) is 13.2 Å². The Morgan fingerprint density at radius 1 is 1.69 bits per heavy atom. The Hall–Kier alpha value is -1.41. The van der Waals surface area contributed by atoms with Gasteiger partial charge in [-0.25, -0.2) is 18.1 Å². The standard InChI is InChI=1S/C8H12N2O5S/c1-5-3-9-8(15-5)6(2)10-16(13,14)4-7(11)12/h3,6,10H,4H2,1-2H3,(H,11,12). The molecule has 1 atom stereocenters. The first-order valence-electron chi connectivity index (χ1n) is 4.44. The number of sulfonamides is 1. The number of nitrogens with zero attached hydrogens (tertiary/aromatic N) is 1. The molecule has 0 fully saturated rings. The smallest absolute Gasteiger partial charge is 0.320 e. The van der Waals surface area contributed by atoms with Gasteiger partial charge in [-0.05, 0) is 13.8 Å². The number of carbonyl (C=O) groups is 1. The van der Waals surface area contributed by atoms with E-state index in [0.717, 1.165) is 0 Å². The van der Waals surface area contributed by atoms with Crippen LogP contribution in [0.4, 0.5) is 0 Å². The van der Waals surface area contributed by atoms with Crippen LogP contribution in [0.15, 0.2) is 10.6 Å². The summed E-state index contributed by atoms with van der Waals surface area (Å²) >= 11 is 0. The molecule has 8 heteroatoms. The van der Waals surface area contributed by atoms with Gasteiger partial charge in [0.25, 0.3) is 0 Å². The summed E-state index contributed by atoms with van der Waals surface area (Å²) in [6.07, 6.45) is 1.46. The maximum absolute atomic E-state index is 11.3. The number of aromatic nitrogens is 1. The molecule has 16 heavy (non-hydrogen) atoms. The maximum Gasteiger partial charge on any atom is 0.320 e. The number of aryl methyl sites for hydroxylation is 1. The zero-order valence-corrected chi connectivity index (χ0v) is 9.61. The average molecular weight is 248 g/mol. The van der Waals surface area contributed by atoms with E-state index >= 15 is 0 Å². The summed E-state index contributed by atoms with van der Waals surface area (Å²) in [5.74, 6) is -1.63. The van der Waals surface area contributed by atoms with Gasteiger partial charge in [-0.15, -0.1) is 0 Å². The lowest BCUT2D eigenvalue weighted by molar-refractivity contribution is -0.134. The normalized spacial score (nSPS) is 13.6. The first-order valence-corrected chi connectivity index (χ1v) is 6.09. The van der Waals surface area contributed by atoms with Crippen LogP contribution in [-0.2, 0) is 14.8 Å². The van der Waals surface area contributed by atoms with E-state index in [2.05, 4.69) is 9.71 Å². The predicted octanol–water partition coefficient (Wildman–Crippen LogP) is 0.0480. The summed E-state index contributed by atoms with van der Waals surface area (Å²) in [5, 5.41) is 8.38. The van der Waals surface area contributed by atoms with E-state index in [0.29, 0.717) is 5.76 Å². The third-order valence-corrected chi connectivity index (χ3v) is 3.02. The van der Waals surface area contributed by atoms with E-state index in [-0.39, 0.29) is 5.89 Å². The van der Waals surface area contributed by atoms with E-state index in [1.54, 1.807) is 6.92 Å². The van der Waals surface area contributed by atoms with Gasteiger partial charge in [0, 0.05) is 0 Å². The van der Waals surface area contributed by atoms with Crippen molar-refractivity contribution in [1.29, 1.82) is 0 Å². The minimum Gasteiger partial charge on any atom is -0.480 e. The van der Waals surface area contributed by atoms with Gasteiger partial charge in [-0.2, -0.15) is 0 Å². The Labute approximate surface area is 92.5 Å². The second kappa shape index (κ2) is 4.62. The lowest BCUT2D eigenvalue weighted by Gasteiger charge is -2.09. The fraction of sp³-hybridized carbons (Fsp3) is 0.500. The molecule has 0 amide bonds. The Kier molecular flexibility index (Phi) is 3.66. The van der Waals surface area contributed by atoms with Crippen molar-refractivity contribution < 1.29 is 22.7 Å². The van der Waals surface area contributed by atoms with E-state index in [4.69, 9.17) is 9.52 Å². The highest BCUT2D eigenvalue weighted by Gasteiger charge is 2.21. The fourth-order valence-corrected chi connectivity index (χ4v) is 2.14. The predicted molar refractivity (Wildman–Crippen MR) is 54.2 cm³/mol. The Balaban J connectivity index is 2.71. The molecule has 0 saturated heterocycles. The summed E-state index contributed by atoms with van der Waals surface area (Å²) in [6.45, 7) is 3.19. The molecule has 0 spiro atoms. The number of carboxylic acid groups (broad SMARTS) is 1. The summed E-state index contributed by atoms with van der Waals surface area (Å²) in [4.78, 5) is 14.1. The molecule has 7 nitrogen and oxygen atoms in total. The molecule has 0 aliphatic heterocycles. The molecule has 1 unspecified atom stereocenters. The van der Waals surface area contributed by atoms with Crippen LogP contribution in [0, 0.1) is 6.92 Å². The molecule has 0 aliphatic rings. The highest BCUT2D eigenvalue weighted by molar-refractivity contribution is 7.90. The zero-order chi connectivity index (χ0) is 12.3. The lowest BCUT2D eigenvalue weighted by Crippen LogP contribution is -2.32. The molecule has 1 aromatic heterocycles. The Morgan fingerprint density at radius 3 is 2.75 bits per heavy atom. The topological polar surface area (TPSA) is 110 Å². The van der Waals surface area contributed by atoms with Gasteiger partial charge < -0.3 is 9.52 Å². The van der Waals surface area contributed by atoms with E-state index < -0.39 is 27.8 Å². The summed E-state index contributed by atoms with van der Waals surface area (Å²) in [6, 6.07) is -0.696. The third kappa shape index (κ3) is 3.63. The van der Waals surface area contributed by atoms with Gasteiger partial charge in [0.2, 0.25) is 15.9 Å². The number of rotatable bonds is 5. The minimum atomic E-state index is -3.87. The van der Waals surface area contributed by atoms with Crippen molar-refractivity contribution >= 4 is 16.0 Å². The van der Waals surface area contributed by atoms with Gasteiger partial charge >= 0.3 is 5.97 Å². The van der Waals surface area contributed by atoms with E-state index in [1.807, 2.05) is 0 Å².